The zero-order valence-corrected chi connectivity index (χ0v) is 15.1. The number of nitrogens with two attached hydrogens (primary N) is 1. The van der Waals surface area contributed by atoms with E-state index in [1.807, 2.05) is 24.0 Å². The van der Waals surface area contributed by atoms with Crippen LogP contribution in [0.2, 0.25) is 5.02 Å². The van der Waals surface area contributed by atoms with E-state index in [9.17, 15) is 4.79 Å². The molecule has 0 bridgehead atoms. The molecule has 1 aromatic carbocycles. The highest BCUT2D eigenvalue weighted by Gasteiger charge is 2.30. The van der Waals surface area contributed by atoms with Crippen LogP contribution < -0.4 is 5.73 Å². The molecule has 2 heterocycles. The van der Waals surface area contributed by atoms with Gasteiger partial charge in [-0.25, -0.2) is 0 Å². The standard InChI is InChI=1S/C18H23ClN4O2/c1-2-4-15(20)18(24)23-10-3-5-13(11-23)17-21-16(22-25-17)12-6-8-14(19)9-7-12/h6-9,13,15H,2-5,10-11,20H2,1H3. The van der Waals surface area contributed by atoms with Gasteiger partial charge in [-0.1, -0.05) is 30.1 Å². The molecular formula is C18H23ClN4O2. The number of rotatable bonds is 5. The number of carbonyl (C=O) groups is 1. The average molecular weight is 363 g/mol. The summed E-state index contributed by atoms with van der Waals surface area (Å²) in [5.41, 5.74) is 6.84. The van der Waals surface area contributed by atoms with E-state index in [0.29, 0.717) is 29.7 Å². The van der Waals surface area contributed by atoms with Gasteiger partial charge in [0, 0.05) is 23.7 Å². The minimum absolute atomic E-state index is 0.0176. The van der Waals surface area contributed by atoms with Crippen molar-refractivity contribution in [2.45, 2.75) is 44.6 Å². The lowest BCUT2D eigenvalue weighted by Crippen LogP contribution is -2.47. The van der Waals surface area contributed by atoms with E-state index >= 15 is 0 Å². The van der Waals surface area contributed by atoms with Gasteiger partial charge in [0.15, 0.2) is 0 Å². The lowest BCUT2D eigenvalue weighted by molar-refractivity contribution is -0.134. The number of carbonyl (C=O) groups excluding carboxylic acids is 1. The van der Waals surface area contributed by atoms with Crippen LogP contribution in [0.4, 0.5) is 0 Å². The molecule has 1 amide bonds. The van der Waals surface area contributed by atoms with Crippen molar-refractivity contribution in [3.63, 3.8) is 0 Å². The molecule has 2 aromatic rings. The summed E-state index contributed by atoms with van der Waals surface area (Å²) >= 11 is 5.91. The molecule has 1 aliphatic heterocycles. The third-order valence-electron chi connectivity index (χ3n) is 4.54. The number of nitrogens with zero attached hydrogens (tertiary/aromatic N) is 3. The van der Waals surface area contributed by atoms with Crippen LogP contribution in [0.3, 0.4) is 0 Å². The van der Waals surface area contributed by atoms with Gasteiger partial charge >= 0.3 is 0 Å². The van der Waals surface area contributed by atoms with Gasteiger partial charge in [-0.15, -0.1) is 0 Å². The van der Waals surface area contributed by atoms with Crippen molar-refractivity contribution in [2.75, 3.05) is 13.1 Å². The molecule has 6 nitrogen and oxygen atoms in total. The van der Waals surface area contributed by atoms with Gasteiger partial charge in [-0.05, 0) is 43.5 Å². The van der Waals surface area contributed by atoms with Crippen molar-refractivity contribution in [3.05, 3.63) is 35.2 Å². The largest absolute Gasteiger partial charge is 0.341 e. The second kappa shape index (κ2) is 7.97. The molecule has 2 atom stereocenters. The Labute approximate surface area is 152 Å². The highest BCUT2D eigenvalue weighted by atomic mass is 35.5. The fourth-order valence-electron chi connectivity index (χ4n) is 3.17. The molecule has 0 spiro atoms. The Morgan fingerprint density at radius 2 is 2.20 bits per heavy atom. The predicted molar refractivity (Wildman–Crippen MR) is 96.2 cm³/mol. The smallest absolute Gasteiger partial charge is 0.239 e. The van der Waals surface area contributed by atoms with Gasteiger partial charge in [-0.2, -0.15) is 4.98 Å². The molecule has 134 valence electrons. The van der Waals surface area contributed by atoms with Gasteiger partial charge < -0.3 is 15.2 Å². The van der Waals surface area contributed by atoms with Crippen molar-refractivity contribution in [1.82, 2.24) is 15.0 Å². The molecule has 3 rings (SSSR count). The first-order valence-corrected chi connectivity index (χ1v) is 9.10. The van der Waals surface area contributed by atoms with Gasteiger partial charge in [0.25, 0.3) is 0 Å². The molecule has 7 heteroatoms. The predicted octanol–water partition coefficient (Wildman–Crippen LogP) is 3.22. The quantitative estimate of drug-likeness (QED) is 0.882. The molecule has 1 saturated heterocycles. The molecule has 0 saturated carbocycles. The maximum absolute atomic E-state index is 12.4. The number of amides is 1. The van der Waals surface area contributed by atoms with Crippen molar-refractivity contribution >= 4 is 17.5 Å². The number of likely N-dealkylation sites (tertiary alicyclic amines) is 1. The molecule has 2 unspecified atom stereocenters. The molecule has 1 aromatic heterocycles. The maximum Gasteiger partial charge on any atom is 0.239 e. The Balaban J connectivity index is 1.70. The van der Waals surface area contributed by atoms with Gasteiger partial charge in [0.1, 0.15) is 0 Å². The summed E-state index contributed by atoms with van der Waals surface area (Å²) in [7, 11) is 0. The second-order valence-corrected chi connectivity index (χ2v) is 6.92. The molecule has 1 fully saturated rings. The van der Waals surface area contributed by atoms with Crippen LogP contribution in [0.25, 0.3) is 11.4 Å². The van der Waals surface area contributed by atoms with E-state index in [1.54, 1.807) is 12.1 Å². The summed E-state index contributed by atoms with van der Waals surface area (Å²) in [6.45, 7) is 3.35. The highest BCUT2D eigenvalue weighted by molar-refractivity contribution is 6.30. The Kier molecular flexibility index (Phi) is 5.71. The van der Waals surface area contributed by atoms with Crippen molar-refractivity contribution in [2.24, 2.45) is 5.73 Å². The minimum Gasteiger partial charge on any atom is -0.341 e. The van der Waals surface area contributed by atoms with E-state index < -0.39 is 6.04 Å². The van der Waals surface area contributed by atoms with Crippen LogP contribution in [0.5, 0.6) is 0 Å². The highest BCUT2D eigenvalue weighted by Crippen LogP contribution is 2.28. The monoisotopic (exact) mass is 362 g/mol. The molecule has 2 N–H and O–H groups in total. The first kappa shape index (κ1) is 17.9. The number of hydrogen-bond donors (Lipinski definition) is 1. The average Bonchev–Trinajstić information content (AvgIpc) is 3.12. The molecule has 1 aliphatic rings. The van der Waals surface area contributed by atoms with Crippen LogP contribution in [0, 0.1) is 0 Å². The van der Waals surface area contributed by atoms with Gasteiger partial charge in [0.2, 0.25) is 17.6 Å². The zero-order valence-electron chi connectivity index (χ0n) is 14.3. The number of aromatic nitrogens is 2. The van der Waals surface area contributed by atoms with Crippen LogP contribution in [-0.4, -0.2) is 40.1 Å². The van der Waals surface area contributed by atoms with Gasteiger partial charge in [-0.3, -0.25) is 4.79 Å². The van der Waals surface area contributed by atoms with E-state index in [0.717, 1.165) is 31.4 Å². The van der Waals surface area contributed by atoms with Crippen LogP contribution in [0.1, 0.15) is 44.4 Å². The Hall–Kier alpha value is -1.92. The Morgan fingerprint density at radius 1 is 1.44 bits per heavy atom. The van der Waals surface area contributed by atoms with Crippen LogP contribution >= 0.6 is 11.6 Å². The zero-order chi connectivity index (χ0) is 17.8. The molecule has 25 heavy (non-hydrogen) atoms. The van der Waals surface area contributed by atoms with Crippen molar-refractivity contribution in [3.8, 4) is 11.4 Å². The third-order valence-corrected chi connectivity index (χ3v) is 4.80. The van der Waals surface area contributed by atoms with E-state index in [2.05, 4.69) is 10.1 Å². The second-order valence-electron chi connectivity index (χ2n) is 6.48. The number of hydrogen-bond acceptors (Lipinski definition) is 5. The molecule has 0 aliphatic carbocycles. The minimum atomic E-state index is -0.420. The van der Waals surface area contributed by atoms with Crippen molar-refractivity contribution in [1.29, 1.82) is 0 Å². The summed E-state index contributed by atoms with van der Waals surface area (Å²) in [6, 6.07) is 6.89. The van der Waals surface area contributed by atoms with Crippen LogP contribution in [0.15, 0.2) is 28.8 Å². The SMILES string of the molecule is CCCC(N)C(=O)N1CCCC(c2nc(-c3ccc(Cl)cc3)no2)C1. The molecular weight excluding hydrogens is 340 g/mol. The van der Waals surface area contributed by atoms with E-state index in [1.165, 1.54) is 0 Å². The summed E-state index contributed by atoms with van der Waals surface area (Å²) < 4.78 is 5.46. The fourth-order valence-corrected chi connectivity index (χ4v) is 3.29. The lowest BCUT2D eigenvalue weighted by Gasteiger charge is -2.32. The summed E-state index contributed by atoms with van der Waals surface area (Å²) in [5, 5.41) is 4.73. The molecule has 0 radical (unpaired) electrons. The van der Waals surface area contributed by atoms with Crippen LogP contribution in [-0.2, 0) is 4.79 Å². The number of piperidine rings is 1. The maximum atomic E-state index is 12.4. The Bertz CT molecular complexity index is 716. The van der Waals surface area contributed by atoms with E-state index in [-0.39, 0.29) is 11.8 Å². The lowest BCUT2D eigenvalue weighted by atomic mass is 9.97. The summed E-state index contributed by atoms with van der Waals surface area (Å²) in [5.74, 6) is 1.19. The fraction of sp³-hybridized carbons (Fsp3) is 0.500. The first-order chi connectivity index (χ1) is 12.1. The summed E-state index contributed by atoms with van der Waals surface area (Å²) in [4.78, 5) is 18.8. The first-order valence-electron chi connectivity index (χ1n) is 8.72. The van der Waals surface area contributed by atoms with E-state index in [4.69, 9.17) is 21.9 Å². The Morgan fingerprint density at radius 3 is 2.92 bits per heavy atom. The number of benzene rings is 1. The number of halogens is 1. The van der Waals surface area contributed by atoms with Crippen molar-refractivity contribution < 1.29 is 9.32 Å². The third kappa shape index (κ3) is 4.19. The topological polar surface area (TPSA) is 85.3 Å². The normalized spacial score (nSPS) is 19.0. The van der Waals surface area contributed by atoms with Gasteiger partial charge in [0.05, 0.1) is 12.0 Å². The summed E-state index contributed by atoms with van der Waals surface area (Å²) in [6.07, 6.45) is 3.45.